The van der Waals surface area contributed by atoms with Gasteiger partial charge in [-0.2, -0.15) is 0 Å². The van der Waals surface area contributed by atoms with Crippen LogP contribution in [0.15, 0.2) is 54.6 Å². The number of carbonyl (C=O) groups excluding carboxylic acids is 1. The van der Waals surface area contributed by atoms with Crippen LogP contribution in [0.25, 0.3) is 17.2 Å². The second kappa shape index (κ2) is 7.29. The van der Waals surface area contributed by atoms with Gasteiger partial charge in [0, 0.05) is 11.6 Å². The van der Waals surface area contributed by atoms with E-state index in [1.807, 2.05) is 48.5 Å². The number of hydrogen-bond acceptors (Lipinski definition) is 3. The normalized spacial score (nSPS) is 10.6. The minimum Gasteiger partial charge on any atom is -0.496 e. The fourth-order valence-electron chi connectivity index (χ4n) is 2.01. The van der Waals surface area contributed by atoms with E-state index < -0.39 is 0 Å². The minimum absolute atomic E-state index is 0.327. The van der Waals surface area contributed by atoms with Crippen molar-refractivity contribution in [3.05, 3.63) is 60.2 Å². The third-order valence-corrected chi connectivity index (χ3v) is 3.03. The fraction of sp³-hybridized carbons (Fsp3) is 0.167. The number of rotatable bonds is 5. The van der Waals surface area contributed by atoms with Crippen molar-refractivity contribution >= 4 is 12.0 Å². The van der Waals surface area contributed by atoms with E-state index >= 15 is 0 Å². The number of benzene rings is 2. The summed E-state index contributed by atoms with van der Waals surface area (Å²) in [4.78, 5) is 11.3. The molecule has 0 spiro atoms. The maximum atomic E-state index is 11.3. The molecule has 2 rings (SSSR count). The Morgan fingerprint density at radius 3 is 2.48 bits per heavy atom. The van der Waals surface area contributed by atoms with Crippen LogP contribution in [0.4, 0.5) is 0 Å². The molecule has 0 fully saturated rings. The maximum absolute atomic E-state index is 11.3. The topological polar surface area (TPSA) is 35.5 Å². The summed E-state index contributed by atoms with van der Waals surface area (Å²) < 4.78 is 10.2. The van der Waals surface area contributed by atoms with Gasteiger partial charge in [0.15, 0.2) is 0 Å². The molecule has 0 saturated heterocycles. The predicted octanol–water partition coefficient (Wildman–Crippen LogP) is 3.94. The van der Waals surface area contributed by atoms with E-state index in [0.717, 1.165) is 22.4 Å². The van der Waals surface area contributed by atoms with Crippen molar-refractivity contribution in [2.75, 3.05) is 13.7 Å². The Hall–Kier alpha value is -2.55. The largest absolute Gasteiger partial charge is 0.496 e. The van der Waals surface area contributed by atoms with Crippen molar-refractivity contribution in [1.82, 2.24) is 0 Å². The van der Waals surface area contributed by atoms with Gasteiger partial charge >= 0.3 is 5.97 Å². The van der Waals surface area contributed by atoms with Crippen LogP contribution in [0.5, 0.6) is 5.75 Å². The van der Waals surface area contributed by atoms with Crippen molar-refractivity contribution in [2.24, 2.45) is 0 Å². The highest BCUT2D eigenvalue weighted by Crippen LogP contribution is 2.29. The number of para-hydroxylation sites is 1. The van der Waals surface area contributed by atoms with Gasteiger partial charge in [0.2, 0.25) is 0 Å². The molecule has 0 bridgehead atoms. The van der Waals surface area contributed by atoms with Crippen LogP contribution in [0.2, 0.25) is 0 Å². The zero-order valence-corrected chi connectivity index (χ0v) is 12.2. The van der Waals surface area contributed by atoms with E-state index in [0.29, 0.717) is 6.61 Å². The molecule has 0 unspecified atom stereocenters. The lowest BCUT2D eigenvalue weighted by Crippen LogP contribution is -1.98. The maximum Gasteiger partial charge on any atom is 0.330 e. The van der Waals surface area contributed by atoms with Gasteiger partial charge < -0.3 is 9.47 Å². The Morgan fingerprint density at radius 1 is 1.10 bits per heavy atom. The van der Waals surface area contributed by atoms with Crippen LogP contribution in [0.1, 0.15) is 12.5 Å². The third kappa shape index (κ3) is 3.96. The highest BCUT2D eigenvalue weighted by Gasteiger charge is 2.04. The average Bonchev–Trinajstić information content (AvgIpc) is 2.54. The standard InChI is InChI=1S/C18H18O3/c1-3-21-18(19)13-10-14-8-11-15(12-9-14)16-6-4-5-7-17(16)20-2/h4-13H,3H2,1-2H3. The number of hydrogen-bond donors (Lipinski definition) is 0. The smallest absolute Gasteiger partial charge is 0.330 e. The second-order valence-electron chi connectivity index (χ2n) is 4.41. The first-order chi connectivity index (χ1) is 10.2. The summed E-state index contributed by atoms with van der Waals surface area (Å²) in [5.41, 5.74) is 3.06. The van der Waals surface area contributed by atoms with Gasteiger partial charge in [-0.15, -0.1) is 0 Å². The van der Waals surface area contributed by atoms with Crippen LogP contribution >= 0.6 is 0 Å². The molecule has 2 aromatic carbocycles. The zero-order chi connectivity index (χ0) is 15.1. The quantitative estimate of drug-likeness (QED) is 0.615. The molecule has 108 valence electrons. The summed E-state index contributed by atoms with van der Waals surface area (Å²) in [5, 5.41) is 0. The van der Waals surface area contributed by atoms with E-state index in [1.54, 1.807) is 20.1 Å². The molecule has 0 aliphatic rings. The lowest BCUT2D eigenvalue weighted by Gasteiger charge is -2.08. The van der Waals surface area contributed by atoms with Gasteiger partial charge in [0.25, 0.3) is 0 Å². The van der Waals surface area contributed by atoms with Crippen LogP contribution in [0, 0.1) is 0 Å². The van der Waals surface area contributed by atoms with E-state index in [-0.39, 0.29) is 5.97 Å². The second-order valence-corrected chi connectivity index (χ2v) is 4.41. The highest BCUT2D eigenvalue weighted by atomic mass is 16.5. The summed E-state index contributed by atoms with van der Waals surface area (Å²) in [5.74, 6) is 0.513. The van der Waals surface area contributed by atoms with Gasteiger partial charge in [-0.25, -0.2) is 4.79 Å². The van der Waals surface area contributed by atoms with Crippen molar-refractivity contribution in [3.8, 4) is 16.9 Å². The molecule has 0 heterocycles. The van der Waals surface area contributed by atoms with Crippen LogP contribution in [-0.2, 0) is 9.53 Å². The molecule has 0 aliphatic carbocycles. The Labute approximate surface area is 124 Å². The Balaban J connectivity index is 2.17. The van der Waals surface area contributed by atoms with Gasteiger partial charge in [0.1, 0.15) is 5.75 Å². The molecule has 3 heteroatoms. The first-order valence-electron chi connectivity index (χ1n) is 6.83. The number of esters is 1. The van der Waals surface area contributed by atoms with E-state index in [4.69, 9.17) is 9.47 Å². The van der Waals surface area contributed by atoms with Gasteiger partial charge in [0.05, 0.1) is 13.7 Å². The Morgan fingerprint density at radius 2 is 1.81 bits per heavy atom. The molecule has 0 atom stereocenters. The minimum atomic E-state index is -0.327. The molecular weight excluding hydrogens is 264 g/mol. The van der Waals surface area contributed by atoms with Crippen molar-refractivity contribution < 1.29 is 14.3 Å². The summed E-state index contributed by atoms with van der Waals surface area (Å²) in [6, 6.07) is 15.8. The van der Waals surface area contributed by atoms with E-state index in [1.165, 1.54) is 6.08 Å². The summed E-state index contributed by atoms with van der Waals surface area (Å²) in [6.45, 7) is 2.17. The molecular formula is C18H18O3. The first kappa shape index (κ1) is 14.9. The Kier molecular flexibility index (Phi) is 5.16. The molecule has 0 amide bonds. The SMILES string of the molecule is CCOC(=O)C=Cc1ccc(-c2ccccc2OC)cc1. The number of carbonyl (C=O) groups is 1. The first-order valence-corrected chi connectivity index (χ1v) is 6.83. The highest BCUT2D eigenvalue weighted by molar-refractivity contribution is 5.87. The Bertz CT molecular complexity index is 627. The van der Waals surface area contributed by atoms with Gasteiger partial charge in [-0.3, -0.25) is 0 Å². The van der Waals surface area contributed by atoms with Crippen molar-refractivity contribution in [1.29, 1.82) is 0 Å². The molecule has 0 radical (unpaired) electrons. The van der Waals surface area contributed by atoms with Crippen molar-refractivity contribution in [2.45, 2.75) is 6.92 Å². The van der Waals surface area contributed by atoms with Crippen LogP contribution < -0.4 is 4.74 Å². The molecule has 2 aromatic rings. The molecule has 0 saturated carbocycles. The number of ether oxygens (including phenoxy) is 2. The predicted molar refractivity (Wildman–Crippen MR) is 84.1 cm³/mol. The average molecular weight is 282 g/mol. The molecule has 0 aromatic heterocycles. The molecule has 0 N–H and O–H groups in total. The summed E-state index contributed by atoms with van der Waals surface area (Å²) >= 11 is 0. The summed E-state index contributed by atoms with van der Waals surface area (Å²) in [6.07, 6.45) is 3.17. The van der Waals surface area contributed by atoms with Gasteiger partial charge in [-0.05, 0) is 30.2 Å². The van der Waals surface area contributed by atoms with Gasteiger partial charge in [-0.1, -0.05) is 42.5 Å². The van der Waals surface area contributed by atoms with Crippen LogP contribution in [0.3, 0.4) is 0 Å². The number of methoxy groups -OCH3 is 1. The summed E-state index contributed by atoms with van der Waals surface area (Å²) in [7, 11) is 1.66. The zero-order valence-electron chi connectivity index (χ0n) is 12.2. The molecule has 3 nitrogen and oxygen atoms in total. The van der Waals surface area contributed by atoms with Crippen molar-refractivity contribution in [3.63, 3.8) is 0 Å². The third-order valence-electron chi connectivity index (χ3n) is 3.03. The van der Waals surface area contributed by atoms with E-state index in [9.17, 15) is 4.79 Å². The lowest BCUT2D eigenvalue weighted by molar-refractivity contribution is -0.137. The molecule has 0 aliphatic heterocycles. The van der Waals surface area contributed by atoms with E-state index in [2.05, 4.69) is 0 Å². The lowest BCUT2D eigenvalue weighted by atomic mass is 10.0. The fourth-order valence-corrected chi connectivity index (χ4v) is 2.01. The van der Waals surface area contributed by atoms with Crippen LogP contribution in [-0.4, -0.2) is 19.7 Å². The molecule has 21 heavy (non-hydrogen) atoms. The monoisotopic (exact) mass is 282 g/mol.